The van der Waals surface area contributed by atoms with Gasteiger partial charge in [-0.25, -0.2) is 0 Å². The Morgan fingerprint density at radius 1 is 0.885 bits per heavy atom. The lowest BCUT2D eigenvalue weighted by molar-refractivity contribution is 0.0951. The van der Waals surface area contributed by atoms with Crippen molar-refractivity contribution in [3.63, 3.8) is 0 Å². The summed E-state index contributed by atoms with van der Waals surface area (Å²) in [7, 11) is 0. The molecule has 1 N–H and O–H groups in total. The molecule has 0 aromatic heterocycles. The Bertz CT molecular complexity index is 896. The Hall–Kier alpha value is -3.58. The highest BCUT2D eigenvalue weighted by Gasteiger charge is 2.05. The second kappa shape index (κ2) is 8.50. The summed E-state index contributed by atoms with van der Waals surface area (Å²) in [6.45, 7) is 0.876. The molecule has 0 bridgehead atoms. The van der Waals surface area contributed by atoms with Crippen LogP contribution in [-0.4, -0.2) is 5.91 Å². The number of para-hydroxylation sites is 1. The van der Waals surface area contributed by atoms with E-state index in [1.54, 1.807) is 24.3 Å². The Morgan fingerprint density at radius 2 is 1.54 bits per heavy atom. The molecule has 1 amide bonds. The lowest BCUT2D eigenvalue weighted by atomic mass is 10.1. The van der Waals surface area contributed by atoms with Crippen LogP contribution in [0.15, 0.2) is 78.9 Å². The number of ether oxygens (including phenoxy) is 1. The molecule has 0 aliphatic carbocycles. The van der Waals surface area contributed by atoms with E-state index in [1.807, 2.05) is 54.6 Å². The van der Waals surface area contributed by atoms with E-state index >= 15 is 0 Å². The van der Waals surface area contributed by atoms with Crippen molar-refractivity contribution < 1.29 is 9.53 Å². The Morgan fingerprint density at radius 3 is 2.19 bits per heavy atom. The summed E-state index contributed by atoms with van der Waals surface area (Å²) < 4.78 is 5.69. The third-order valence-corrected chi connectivity index (χ3v) is 3.90. The van der Waals surface area contributed by atoms with Crippen LogP contribution in [0.3, 0.4) is 0 Å². The van der Waals surface area contributed by atoms with E-state index in [1.165, 1.54) is 0 Å². The highest BCUT2D eigenvalue weighted by Crippen LogP contribution is 2.12. The summed E-state index contributed by atoms with van der Waals surface area (Å²) in [5.74, 6) is 0.682. The molecule has 4 heteroatoms. The van der Waals surface area contributed by atoms with Gasteiger partial charge in [0.1, 0.15) is 12.4 Å². The molecule has 0 fully saturated rings. The molecule has 0 spiro atoms. The Kier molecular flexibility index (Phi) is 5.64. The van der Waals surface area contributed by atoms with E-state index in [0.717, 1.165) is 16.9 Å². The Balaban J connectivity index is 1.52. The fourth-order valence-corrected chi connectivity index (χ4v) is 2.42. The van der Waals surface area contributed by atoms with Crippen LogP contribution in [0.25, 0.3) is 0 Å². The van der Waals surface area contributed by atoms with Gasteiger partial charge in [-0.15, -0.1) is 0 Å². The monoisotopic (exact) mass is 342 g/mol. The quantitative estimate of drug-likeness (QED) is 0.734. The van der Waals surface area contributed by atoms with Crippen LogP contribution in [0, 0.1) is 11.3 Å². The average Bonchev–Trinajstić information content (AvgIpc) is 2.72. The van der Waals surface area contributed by atoms with Gasteiger partial charge in [-0.1, -0.05) is 42.5 Å². The first-order valence-electron chi connectivity index (χ1n) is 8.28. The third-order valence-electron chi connectivity index (χ3n) is 3.90. The lowest BCUT2D eigenvalue weighted by Crippen LogP contribution is -2.22. The van der Waals surface area contributed by atoms with Gasteiger partial charge >= 0.3 is 0 Å². The number of carbonyl (C=O) groups excluding carboxylic acids is 1. The van der Waals surface area contributed by atoms with E-state index in [4.69, 9.17) is 10.00 Å². The molecule has 26 heavy (non-hydrogen) atoms. The van der Waals surface area contributed by atoms with Crippen molar-refractivity contribution in [2.24, 2.45) is 0 Å². The first-order valence-corrected chi connectivity index (χ1v) is 8.28. The molecule has 0 saturated carbocycles. The highest BCUT2D eigenvalue weighted by molar-refractivity contribution is 5.94. The van der Waals surface area contributed by atoms with Gasteiger partial charge in [-0.2, -0.15) is 5.26 Å². The standard InChI is InChI=1S/C22H18N2O2/c23-14-17-6-8-18(9-7-17)15-24-22(25)20-12-10-19(11-13-20)16-26-21-4-2-1-3-5-21/h1-13H,15-16H2,(H,24,25). The number of carbonyl (C=O) groups is 1. The minimum atomic E-state index is -0.134. The molecule has 0 heterocycles. The zero-order chi connectivity index (χ0) is 18.2. The maximum atomic E-state index is 12.2. The molecular weight excluding hydrogens is 324 g/mol. The van der Waals surface area contributed by atoms with Crippen LogP contribution >= 0.6 is 0 Å². The number of hydrogen-bond donors (Lipinski definition) is 1. The highest BCUT2D eigenvalue weighted by atomic mass is 16.5. The number of rotatable bonds is 6. The van der Waals surface area contributed by atoms with Gasteiger partial charge in [-0.3, -0.25) is 4.79 Å². The van der Waals surface area contributed by atoms with E-state index in [-0.39, 0.29) is 5.91 Å². The summed E-state index contributed by atoms with van der Waals surface area (Å²) in [4.78, 5) is 12.2. The van der Waals surface area contributed by atoms with Crippen LogP contribution in [-0.2, 0) is 13.2 Å². The van der Waals surface area contributed by atoms with Gasteiger partial charge < -0.3 is 10.1 Å². The van der Waals surface area contributed by atoms with Crippen molar-refractivity contribution >= 4 is 5.91 Å². The molecule has 4 nitrogen and oxygen atoms in total. The Labute approximate surface area is 152 Å². The van der Waals surface area contributed by atoms with Gasteiger partial charge in [0.25, 0.3) is 5.91 Å². The van der Waals surface area contributed by atoms with Crippen LogP contribution < -0.4 is 10.1 Å². The summed E-state index contributed by atoms with van der Waals surface area (Å²) >= 11 is 0. The van der Waals surface area contributed by atoms with Crippen molar-refractivity contribution in [1.82, 2.24) is 5.32 Å². The minimum Gasteiger partial charge on any atom is -0.489 e. The second-order valence-corrected chi connectivity index (χ2v) is 5.79. The molecule has 0 atom stereocenters. The zero-order valence-corrected chi connectivity index (χ0v) is 14.2. The molecule has 3 aromatic carbocycles. The summed E-state index contributed by atoms with van der Waals surface area (Å²) in [6, 6.07) is 26.2. The zero-order valence-electron chi connectivity index (χ0n) is 14.2. The fraction of sp³-hybridized carbons (Fsp3) is 0.0909. The van der Waals surface area contributed by atoms with Gasteiger partial charge in [0.2, 0.25) is 0 Å². The van der Waals surface area contributed by atoms with E-state index < -0.39 is 0 Å². The van der Waals surface area contributed by atoms with Crippen molar-refractivity contribution in [3.8, 4) is 11.8 Å². The SMILES string of the molecule is N#Cc1ccc(CNC(=O)c2ccc(COc3ccccc3)cc2)cc1. The summed E-state index contributed by atoms with van der Waals surface area (Å²) in [6.07, 6.45) is 0. The minimum absolute atomic E-state index is 0.134. The topological polar surface area (TPSA) is 62.1 Å². The van der Waals surface area contributed by atoms with E-state index in [0.29, 0.717) is 24.3 Å². The maximum Gasteiger partial charge on any atom is 0.251 e. The third kappa shape index (κ3) is 4.71. The summed E-state index contributed by atoms with van der Waals surface area (Å²) in [5, 5.41) is 11.7. The van der Waals surface area contributed by atoms with Crippen LogP contribution in [0.5, 0.6) is 5.75 Å². The maximum absolute atomic E-state index is 12.2. The average molecular weight is 342 g/mol. The van der Waals surface area contributed by atoms with Crippen molar-refractivity contribution in [2.45, 2.75) is 13.2 Å². The van der Waals surface area contributed by atoms with Crippen molar-refractivity contribution in [3.05, 3.63) is 101 Å². The molecule has 0 saturated heterocycles. The smallest absolute Gasteiger partial charge is 0.251 e. The van der Waals surface area contributed by atoms with Gasteiger partial charge in [0.15, 0.2) is 0 Å². The van der Waals surface area contributed by atoms with Gasteiger partial charge in [0, 0.05) is 12.1 Å². The number of nitrogens with zero attached hydrogens (tertiary/aromatic N) is 1. The van der Waals surface area contributed by atoms with Gasteiger partial charge in [-0.05, 0) is 47.5 Å². The number of benzene rings is 3. The number of amides is 1. The predicted molar refractivity (Wildman–Crippen MR) is 99.5 cm³/mol. The van der Waals surface area contributed by atoms with Crippen molar-refractivity contribution in [1.29, 1.82) is 5.26 Å². The summed E-state index contributed by atoms with van der Waals surface area (Å²) in [5.41, 5.74) is 3.15. The number of hydrogen-bond acceptors (Lipinski definition) is 3. The first kappa shape index (κ1) is 17.2. The van der Waals surface area contributed by atoms with Crippen molar-refractivity contribution in [2.75, 3.05) is 0 Å². The normalized spacial score (nSPS) is 9.96. The molecule has 3 aromatic rings. The molecule has 3 rings (SSSR count). The lowest BCUT2D eigenvalue weighted by Gasteiger charge is -2.08. The van der Waals surface area contributed by atoms with Crippen LogP contribution in [0.2, 0.25) is 0 Å². The second-order valence-electron chi connectivity index (χ2n) is 5.79. The number of nitrogens with one attached hydrogen (secondary N) is 1. The molecular formula is C22H18N2O2. The predicted octanol–water partition coefficient (Wildman–Crippen LogP) is 4.07. The molecule has 0 aliphatic heterocycles. The molecule has 0 radical (unpaired) electrons. The number of nitriles is 1. The fourth-order valence-electron chi connectivity index (χ4n) is 2.42. The van der Waals surface area contributed by atoms with Crippen LogP contribution in [0.1, 0.15) is 27.0 Å². The first-order chi connectivity index (χ1) is 12.7. The molecule has 0 unspecified atom stereocenters. The molecule has 0 aliphatic rings. The molecule has 128 valence electrons. The van der Waals surface area contributed by atoms with Crippen LogP contribution in [0.4, 0.5) is 0 Å². The largest absolute Gasteiger partial charge is 0.489 e. The van der Waals surface area contributed by atoms with E-state index in [2.05, 4.69) is 11.4 Å². The van der Waals surface area contributed by atoms with E-state index in [9.17, 15) is 4.79 Å². The van der Waals surface area contributed by atoms with Gasteiger partial charge in [0.05, 0.1) is 11.6 Å².